The number of rotatable bonds is 4. The van der Waals surface area contributed by atoms with Crippen LogP contribution in [0.4, 0.5) is 4.39 Å². The molecular formula is C19H19FN4O2S. The predicted octanol–water partition coefficient (Wildman–Crippen LogP) is 2.84. The number of carbonyl (C=O) groups is 1. The van der Waals surface area contributed by atoms with Gasteiger partial charge in [-0.2, -0.15) is 5.10 Å². The summed E-state index contributed by atoms with van der Waals surface area (Å²) in [5.74, 6) is 0.569. The number of H-pyrrole nitrogens is 1. The van der Waals surface area contributed by atoms with Crippen LogP contribution < -0.4 is 5.69 Å². The van der Waals surface area contributed by atoms with Gasteiger partial charge in [0.1, 0.15) is 11.6 Å². The van der Waals surface area contributed by atoms with Gasteiger partial charge in [0.2, 0.25) is 0 Å². The smallest absolute Gasteiger partial charge is 0.338 e. The highest BCUT2D eigenvalue weighted by Gasteiger charge is 2.28. The fraction of sp³-hybridized carbons (Fsp3) is 0.316. The van der Waals surface area contributed by atoms with Crippen molar-refractivity contribution in [3.05, 3.63) is 74.3 Å². The van der Waals surface area contributed by atoms with Gasteiger partial charge in [0.05, 0.1) is 11.4 Å². The topological polar surface area (TPSA) is 71.0 Å². The standard InChI is InChI=1S/C19H19FN4O2S/c20-15-5-3-13(4-6-15)12-24-17(21-22-19(24)26)14-7-9-23(10-8-14)18(25)16-2-1-11-27-16/h1-6,11,14H,7-10,12H2,(H,22,26). The zero-order valence-electron chi connectivity index (χ0n) is 14.6. The van der Waals surface area contributed by atoms with Gasteiger partial charge in [-0.3, -0.25) is 9.36 Å². The van der Waals surface area contributed by atoms with Crippen LogP contribution in [0.25, 0.3) is 0 Å². The number of amides is 1. The van der Waals surface area contributed by atoms with Gasteiger partial charge < -0.3 is 4.90 Å². The van der Waals surface area contributed by atoms with Gasteiger partial charge in [0, 0.05) is 19.0 Å². The lowest BCUT2D eigenvalue weighted by Gasteiger charge is -2.31. The van der Waals surface area contributed by atoms with E-state index in [9.17, 15) is 14.0 Å². The van der Waals surface area contributed by atoms with Crippen molar-refractivity contribution < 1.29 is 9.18 Å². The molecule has 0 saturated carbocycles. The van der Waals surface area contributed by atoms with Crippen LogP contribution in [0.15, 0.2) is 46.6 Å². The largest absolute Gasteiger partial charge is 0.343 e. The lowest BCUT2D eigenvalue weighted by atomic mass is 9.95. The number of nitrogens with one attached hydrogen (secondary N) is 1. The van der Waals surface area contributed by atoms with Gasteiger partial charge in [-0.1, -0.05) is 18.2 Å². The maximum absolute atomic E-state index is 13.1. The molecule has 0 radical (unpaired) electrons. The Labute approximate surface area is 159 Å². The van der Waals surface area contributed by atoms with E-state index < -0.39 is 0 Å². The lowest BCUT2D eigenvalue weighted by molar-refractivity contribution is 0.0715. The quantitative estimate of drug-likeness (QED) is 0.750. The van der Waals surface area contributed by atoms with Crippen LogP contribution >= 0.6 is 11.3 Å². The first kappa shape index (κ1) is 17.7. The summed E-state index contributed by atoms with van der Waals surface area (Å²) in [5, 5.41) is 8.65. The highest BCUT2D eigenvalue weighted by molar-refractivity contribution is 7.12. The molecule has 27 heavy (non-hydrogen) atoms. The third-order valence-corrected chi connectivity index (χ3v) is 5.78. The van der Waals surface area contributed by atoms with E-state index in [1.807, 2.05) is 22.4 Å². The molecule has 0 aliphatic carbocycles. The van der Waals surface area contributed by atoms with Crippen molar-refractivity contribution in [2.75, 3.05) is 13.1 Å². The second-order valence-corrected chi connectivity index (χ2v) is 7.59. The highest BCUT2D eigenvalue weighted by Crippen LogP contribution is 2.27. The van der Waals surface area contributed by atoms with E-state index in [0.29, 0.717) is 25.5 Å². The molecule has 2 aromatic heterocycles. The maximum atomic E-state index is 13.1. The number of nitrogens with zero attached hydrogens (tertiary/aromatic N) is 3. The number of piperidine rings is 1. The van der Waals surface area contributed by atoms with Crippen LogP contribution in [-0.4, -0.2) is 38.7 Å². The van der Waals surface area contributed by atoms with Gasteiger partial charge in [-0.15, -0.1) is 11.3 Å². The highest BCUT2D eigenvalue weighted by atomic mass is 32.1. The zero-order valence-corrected chi connectivity index (χ0v) is 15.4. The minimum absolute atomic E-state index is 0.0641. The van der Waals surface area contributed by atoms with Gasteiger partial charge in [0.25, 0.3) is 5.91 Å². The molecule has 1 aromatic carbocycles. The van der Waals surface area contributed by atoms with Gasteiger partial charge in [0.15, 0.2) is 0 Å². The second kappa shape index (κ2) is 7.48. The third kappa shape index (κ3) is 3.71. The molecule has 1 saturated heterocycles. The molecule has 8 heteroatoms. The Morgan fingerprint density at radius 3 is 2.63 bits per heavy atom. The van der Waals surface area contributed by atoms with E-state index in [1.165, 1.54) is 23.5 Å². The van der Waals surface area contributed by atoms with E-state index >= 15 is 0 Å². The lowest BCUT2D eigenvalue weighted by Crippen LogP contribution is -2.38. The van der Waals surface area contributed by atoms with Gasteiger partial charge in [-0.25, -0.2) is 14.3 Å². The number of aromatic nitrogens is 3. The Morgan fingerprint density at radius 2 is 1.96 bits per heavy atom. The number of carbonyl (C=O) groups excluding carboxylic acids is 1. The van der Waals surface area contributed by atoms with Crippen molar-refractivity contribution in [2.45, 2.75) is 25.3 Å². The summed E-state index contributed by atoms with van der Waals surface area (Å²) in [6.45, 7) is 1.62. The van der Waals surface area contributed by atoms with E-state index in [2.05, 4.69) is 10.2 Å². The molecule has 3 aromatic rings. The van der Waals surface area contributed by atoms with Crippen LogP contribution in [-0.2, 0) is 6.54 Å². The third-order valence-electron chi connectivity index (χ3n) is 4.92. The summed E-state index contributed by atoms with van der Waals surface area (Å²) in [7, 11) is 0. The number of halogens is 1. The second-order valence-electron chi connectivity index (χ2n) is 6.64. The molecule has 4 rings (SSSR count). The summed E-state index contributed by atoms with van der Waals surface area (Å²) in [6.07, 6.45) is 1.51. The summed E-state index contributed by atoms with van der Waals surface area (Å²) >= 11 is 1.45. The van der Waals surface area contributed by atoms with Crippen LogP contribution in [0.1, 0.15) is 39.8 Å². The molecule has 0 atom stereocenters. The van der Waals surface area contributed by atoms with Crippen molar-refractivity contribution in [3.63, 3.8) is 0 Å². The van der Waals surface area contributed by atoms with Crippen molar-refractivity contribution in [2.24, 2.45) is 0 Å². The molecule has 3 heterocycles. The minimum atomic E-state index is -0.304. The average Bonchev–Trinajstić information content (AvgIpc) is 3.34. The van der Waals surface area contributed by atoms with E-state index in [-0.39, 0.29) is 23.3 Å². The fourth-order valence-corrected chi connectivity index (χ4v) is 4.15. The normalized spacial score (nSPS) is 15.2. The Balaban J connectivity index is 1.46. The number of thiophene rings is 1. The van der Waals surface area contributed by atoms with Crippen LogP contribution in [0.3, 0.4) is 0 Å². The van der Waals surface area contributed by atoms with E-state index in [0.717, 1.165) is 23.3 Å². The monoisotopic (exact) mass is 386 g/mol. The first-order valence-corrected chi connectivity index (χ1v) is 9.72. The van der Waals surface area contributed by atoms with Crippen molar-refractivity contribution >= 4 is 17.2 Å². The molecule has 1 N–H and O–H groups in total. The number of aromatic amines is 1. The Kier molecular flexibility index (Phi) is 4.89. The van der Waals surface area contributed by atoms with Crippen molar-refractivity contribution in [1.82, 2.24) is 19.7 Å². The first-order valence-electron chi connectivity index (χ1n) is 8.84. The van der Waals surface area contributed by atoms with Crippen LogP contribution in [0.2, 0.25) is 0 Å². The SMILES string of the molecule is O=C(c1cccs1)N1CCC(c2n[nH]c(=O)n2Cc2ccc(F)cc2)CC1. The molecular weight excluding hydrogens is 367 g/mol. The molecule has 0 unspecified atom stereocenters. The Bertz CT molecular complexity index is 970. The molecule has 1 amide bonds. The molecule has 1 fully saturated rings. The van der Waals surface area contributed by atoms with Crippen molar-refractivity contribution in [3.8, 4) is 0 Å². The Hall–Kier alpha value is -2.74. The minimum Gasteiger partial charge on any atom is -0.338 e. The molecule has 0 bridgehead atoms. The average molecular weight is 386 g/mol. The number of benzene rings is 1. The zero-order chi connectivity index (χ0) is 18.8. The molecule has 0 spiro atoms. The van der Waals surface area contributed by atoms with Crippen LogP contribution in [0.5, 0.6) is 0 Å². The van der Waals surface area contributed by atoms with E-state index in [1.54, 1.807) is 16.7 Å². The Morgan fingerprint density at radius 1 is 1.22 bits per heavy atom. The van der Waals surface area contributed by atoms with Gasteiger partial charge in [-0.05, 0) is 42.0 Å². The van der Waals surface area contributed by atoms with Gasteiger partial charge >= 0.3 is 5.69 Å². The summed E-state index contributed by atoms with van der Waals surface area (Å²) in [4.78, 5) is 27.3. The summed E-state index contributed by atoms with van der Waals surface area (Å²) in [5.41, 5.74) is 0.567. The van der Waals surface area contributed by atoms with Crippen molar-refractivity contribution in [1.29, 1.82) is 0 Å². The summed E-state index contributed by atoms with van der Waals surface area (Å²) < 4.78 is 14.7. The molecule has 140 valence electrons. The number of hydrogen-bond donors (Lipinski definition) is 1. The number of hydrogen-bond acceptors (Lipinski definition) is 4. The fourth-order valence-electron chi connectivity index (χ4n) is 3.46. The van der Waals surface area contributed by atoms with E-state index in [4.69, 9.17) is 0 Å². The molecule has 1 aliphatic rings. The molecule has 1 aliphatic heterocycles. The predicted molar refractivity (Wildman–Crippen MR) is 101 cm³/mol. The first-order chi connectivity index (χ1) is 13.1. The maximum Gasteiger partial charge on any atom is 0.343 e. The number of likely N-dealkylation sites (tertiary alicyclic amines) is 1. The summed E-state index contributed by atoms with van der Waals surface area (Å²) in [6, 6.07) is 9.82. The molecule has 6 nitrogen and oxygen atoms in total. The van der Waals surface area contributed by atoms with Crippen LogP contribution in [0, 0.1) is 5.82 Å².